The Morgan fingerprint density at radius 3 is 2.77 bits per heavy atom. The Hall–Kier alpha value is -2.37. The number of amides is 1. The van der Waals surface area contributed by atoms with Crippen molar-refractivity contribution in [3.05, 3.63) is 54.5 Å². The third kappa shape index (κ3) is 5.21. The number of hydrogen-bond donors (Lipinski definition) is 1. The van der Waals surface area contributed by atoms with Crippen molar-refractivity contribution < 1.29 is 17.6 Å². The molecule has 0 unspecified atom stereocenters. The summed E-state index contributed by atoms with van der Waals surface area (Å²) in [6.45, 7) is 0.503. The Bertz CT molecular complexity index is 1080. The molecular formula is C19H20N4O4S3. The highest BCUT2D eigenvalue weighted by Crippen LogP contribution is 2.29. The monoisotopic (exact) mass is 464 g/mol. The van der Waals surface area contributed by atoms with Crippen LogP contribution in [0.4, 0.5) is 10.8 Å². The number of hydrogen-bond acceptors (Lipinski definition) is 9. The summed E-state index contributed by atoms with van der Waals surface area (Å²) >= 11 is 2.65. The van der Waals surface area contributed by atoms with E-state index < -0.39 is 9.84 Å². The zero-order chi connectivity index (χ0) is 21.0. The Kier molecular flexibility index (Phi) is 6.40. The van der Waals surface area contributed by atoms with Crippen molar-refractivity contribution in [1.82, 2.24) is 10.2 Å². The number of nitrogens with zero attached hydrogens (tertiary/aromatic N) is 3. The van der Waals surface area contributed by atoms with Gasteiger partial charge in [0.2, 0.25) is 11.0 Å². The van der Waals surface area contributed by atoms with Gasteiger partial charge < -0.3 is 14.6 Å². The molecule has 1 atom stereocenters. The molecule has 1 N–H and O–H groups in total. The van der Waals surface area contributed by atoms with E-state index in [-0.39, 0.29) is 29.2 Å². The number of nitrogens with one attached hydrogen (secondary N) is 1. The van der Waals surface area contributed by atoms with Gasteiger partial charge in [-0.05, 0) is 30.7 Å². The summed E-state index contributed by atoms with van der Waals surface area (Å²) in [6, 6.07) is 12.5. The van der Waals surface area contributed by atoms with Crippen molar-refractivity contribution in [1.29, 1.82) is 0 Å². The Balaban J connectivity index is 1.39. The fourth-order valence-electron chi connectivity index (χ4n) is 3.23. The number of rotatable bonds is 8. The van der Waals surface area contributed by atoms with Gasteiger partial charge >= 0.3 is 0 Å². The molecule has 0 spiro atoms. The minimum absolute atomic E-state index is 0.00203. The van der Waals surface area contributed by atoms with Crippen LogP contribution in [0.5, 0.6) is 0 Å². The van der Waals surface area contributed by atoms with E-state index in [2.05, 4.69) is 15.5 Å². The Labute approximate surface area is 182 Å². The van der Waals surface area contributed by atoms with Gasteiger partial charge in [0.05, 0.1) is 36.1 Å². The molecule has 0 aliphatic carbocycles. The number of sulfone groups is 1. The smallest absolute Gasteiger partial charge is 0.237 e. The summed E-state index contributed by atoms with van der Waals surface area (Å²) in [6.07, 6.45) is 2.06. The van der Waals surface area contributed by atoms with E-state index in [4.69, 9.17) is 4.42 Å². The summed E-state index contributed by atoms with van der Waals surface area (Å²) in [4.78, 5) is 14.7. The van der Waals surface area contributed by atoms with Crippen molar-refractivity contribution in [2.45, 2.75) is 23.3 Å². The fraction of sp³-hybridized carbons (Fsp3) is 0.316. The standard InChI is InChI=1S/C19H20N4O4S3/c24-17(12-28-19-22-21-18(29-19)20-11-16-7-4-9-27-16)23(14-5-2-1-3-6-14)15-8-10-30(25,26)13-15/h1-7,9,15H,8,10-13H2,(H,20,21)/t15-/m0/s1. The van der Waals surface area contributed by atoms with Crippen molar-refractivity contribution in [3.63, 3.8) is 0 Å². The molecule has 1 fully saturated rings. The topological polar surface area (TPSA) is 105 Å². The van der Waals surface area contributed by atoms with Gasteiger partial charge in [0.15, 0.2) is 14.2 Å². The highest BCUT2D eigenvalue weighted by molar-refractivity contribution is 8.01. The van der Waals surface area contributed by atoms with Crippen LogP contribution in [0.15, 0.2) is 57.5 Å². The van der Waals surface area contributed by atoms with Crippen LogP contribution in [-0.2, 0) is 21.2 Å². The van der Waals surface area contributed by atoms with Gasteiger partial charge in [-0.1, -0.05) is 41.3 Å². The van der Waals surface area contributed by atoms with Crippen LogP contribution in [0.2, 0.25) is 0 Å². The predicted octanol–water partition coefficient (Wildman–Crippen LogP) is 3.06. The number of benzene rings is 1. The fourth-order valence-corrected chi connectivity index (χ4v) is 6.54. The summed E-state index contributed by atoms with van der Waals surface area (Å²) in [5, 5.41) is 12.0. The van der Waals surface area contributed by atoms with Crippen molar-refractivity contribution >= 4 is 49.7 Å². The van der Waals surface area contributed by atoms with Crippen LogP contribution in [0.25, 0.3) is 0 Å². The second-order valence-corrected chi connectivity index (χ2v) is 11.2. The summed E-state index contributed by atoms with van der Waals surface area (Å²) in [7, 11) is -3.11. The molecule has 0 bridgehead atoms. The van der Waals surface area contributed by atoms with Gasteiger partial charge in [-0.15, -0.1) is 10.2 Å². The molecule has 1 aliphatic heterocycles. The minimum Gasteiger partial charge on any atom is -0.467 e. The Morgan fingerprint density at radius 2 is 2.07 bits per heavy atom. The number of carbonyl (C=O) groups excluding carboxylic acids is 1. The van der Waals surface area contributed by atoms with E-state index in [1.54, 1.807) is 11.2 Å². The molecule has 8 nitrogen and oxygen atoms in total. The second kappa shape index (κ2) is 9.19. The van der Waals surface area contributed by atoms with Gasteiger partial charge in [0, 0.05) is 5.69 Å². The van der Waals surface area contributed by atoms with Gasteiger partial charge in [-0.3, -0.25) is 4.79 Å². The molecule has 1 saturated heterocycles. The van der Waals surface area contributed by atoms with E-state index in [9.17, 15) is 13.2 Å². The highest BCUT2D eigenvalue weighted by Gasteiger charge is 2.35. The first-order valence-corrected chi connectivity index (χ1v) is 12.9. The predicted molar refractivity (Wildman–Crippen MR) is 118 cm³/mol. The number of furan rings is 1. The average Bonchev–Trinajstić information content (AvgIpc) is 3.47. The van der Waals surface area contributed by atoms with E-state index in [0.29, 0.717) is 28.1 Å². The molecule has 3 heterocycles. The van der Waals surface area contributed by atoms with Crippen LogP contribution in [-0.4, -0.2) is 47.8 Å². The molecule has 30 heavy (non-hydrogen) atoms. The summed E-state index contributed by atoms with van der Waals surface area (Å²) in [5.41, 5.74) is 0.711. The molecule has 158 valence electrons. The normalized spacial score (nSPS) is 17.7. The molecule has 1 aliphatic rings. The first-order valence-electron chi connectivity index (χ1n) is 9.30. The SMILES string of the molecule is O=C(CSc1nnc(NCc2ccco2)s1)N(c1ccccc1)[C@H]1CCS(=O)(=O)C1. The van der Waals surface area contributed by atoms with E-state index in [1.165, 1.54) is 23.1 Å². The van der Waals surface area contributed by atoms with Crippen molar-refractivity contribution in [2.24, 2.45) is 0 Å². The van der Waals surface area contributed by atoms with E-state index >= 15 is 0 Å². The lowest BCUT2D eigenvalue weighted by atomic mass is 10.2. The quantitative estimate of drug-likeness (QED) is 0.507. The third-order valence-corrected chi connectivity index (χ3v) is 8.35. The number of para-hydroxylation sites is 1. The lowest BCUT2D eigenvalue weighted by molar-refractivity contribution is -0.116. The molecule has 1 aromatic carbocycles. The molecule has 4 rings (SSSR count). The summed E-state index contributed by atoms with van der Waals surface area (Å²) in [5.74, 6) is 0.909. The van der Waals surface area contributed by atoms with E-state index in [0.717, 1.165) is 5.76 Å². The second-order valence-electron chi connectivity index (χ2n) is 6.75. The lowest BCUT2D eigenvalue weighted by Gasteiger charge is -2.28. The zero-order valence-corrected chi connectivity index (χ0v) is 18.4. The van der Waals surface area contributed by atoms with Crippen LogP contribution < -0.4 is 10.2 Å². The molecule has 3 aromatic rings. The molecule has 0 radical (unpaired) electrons. The van der Waals surface area contributed by atoms with Gasteiger partial charge in [0.1, 0.15) is 5.76 Å². The molecule has 2 aromatic heterocycles. The number of aromatic nitrogens is 2. The number of carbonyl (C=O) groups is 1. The first kappa shape index (κ1) is 20.9. The molecular weight excluding hydrogens is 444 g/mol. The van der Waals surface area contributed by atoms with Gasteiger partial charge in [-0.25, -0.2) is 8.42 Å². The maximum Gasteiger partial charge on any atom is 0.237 e. The highest BCUT2D eigenvalue weighted by atomic mass is 32.2. The average molecular weight is 465 g/mol. The number of anilines is 2. The first-order chi connectivity index (χ1) is 14.5. The van der Waals surface area contributed by atoms with Crippen LogP contribution in [0.1, 0.15) is 12.2 Å². The molecule has 0 saturated carbocycles. The maximum atomic E-state index is 13.0. The van der Waals surface area contributed by atoms with Crippen LogP contribution >= 0.6 is 23.1 Å². The van der Waals surface area contributed by atoms with Gasteiger partial charge in [0.25, 0.3) is 0 Å². The largest absolute Gasteiger partial charge is 0.467 e. The third-order valence-electron chi connectivity index (χ3n) is 4.60. The van der Waals surface area contributed by atoms with Crippen LogP contribution in [0, 0.1) is 0 Å². The van der Waals surface area contributed by atoms with Crippen molar-refractivity contribution in [3.8, 4) is 0 Å². The van der Waals surface area contributed by atoms with Crippen LogP contribution in [0.3, 0.4) is 0 Å². The minimum atomic E-state index is -3.11. The zero-order valence-electron chi connectivity index (χ0n) is 15.9. The molecule has 1 amide bonds. The van der Waals surface area contributed by atoms with Crippen molar-refractivity contribution in [2.75, 3.05) is 27.5 Å². The van der Waals surface area contributed by atoms with E-state index in [1.807, 2.05) is 42.5 Å². The molecule has 11 heteroatoms. The lowest BCUT2D eigenvalue weighted by Crippen LogP contribution is -2.42. The maximum absolute atomic E-state index is 13.0. The Morgan fingerprint density at radius 1 is 1.23 bits per heavy atom. The number of thioether (sulfide) groups is 1. The van der Waals surface area contributed by atoms with Gasteiger partial charge in [-0.2, -0.15) is 0 Å². The summed E-state index contributed by atoms with van der Waals surface area (Å²) < 4.78 is 29.8.